The summed E-state index contributed by atoms with van der Waals surface area (Å²) in [7, 11) is 0. The van der Waals surface area contributed by atoms with Crippen LogP contribution in [0.5, 0.6) is 0 Å². The number of rotatable bonds is 3. The Morgan fingerprint density at radius 2 is 1.72 bits per heavy atom. The molecule has 2 aromatic rings. The molecule has 0 saturated carbocycles. The minimum Gasteiger partial charge on any atom is -0.349 e. The molecule has 0 radical (unpaired) electrons. The summed E-state index contributed by atoms with van der Waals surface area (Å²) in [5.41, 5.74) is 2.07. The quantitative estimate of drug-likeness (QED) is 0.933. The van der Waals surface area contributed by atoms with E-state index in [1.807, 2.05) is 36.1 Å². The normalized spacial score (nSPS) is 15.0. The summed E-state index contributed by atoms with van der Waals surface area (Å²) in [5, 5.41) is 2.93. The first kappa shape index (κ1) is 17.1. The van der Waals surface area contributed by atoms with E-state index in [1.54, 1.807) is 6.07 Å². The molecule has 4 nitrogen and oxygen atoms in total. The average molecular weight is 340 g/mol. The molecule has 25 heavy (non-hydrogen) atoms. The molecule has 0 spiro atoms. The van der Waals surface area contributed by atoms with Crippen LogP contribution in [0, 0.1) is 12.7 Å². The average Bonchev–Trinajstić information content (AvgIpc) is 2.62. The van der Waals surface area contributed by atoms with E-state index in [0.29, 0.717) is 37.1 Å². The van der Waals surface area contributed by atoms with Crippen molar-refractivity contribution in [3.05, 3.63) is 71.0 Å². The van der Waals surface area contributed by atoms with Gasteiger partial charge in [-0.2, -0.15) is 0 Å². The largest absolute Gasteiger partial charge is 0.349 e. The van der Waals surface area contributed by atoms with Gasteiger partial charge < -0.3 is 10.2 Å². The number of nitrogens with zero attached hydrogens (tertiary/aromatic N) is 1. The Labute approximate surface area is 146 Å². The van der Waals surface area contributed by atoms with Crippen LogP contribution in [0.3, 0.4) is 0 Å². The topological polar surface area (TPSA) is 49.4 Å². The maximum atomic E-state index is 13.2. The zero-order valence-electron chi connectivity index (χ0n) is 14.2. The lowest BCUT2D eigenvalue weighted by Crippen LogP contribution is -2.46. The minimum absolute atomic E-state index is 0.00248. The molecule has 1 aliphatic heterocycles. The van der Waals surface area contributed by atoms with E-state index in [2.05, 4.69) is 5.32 Å². The van der Waals surface area contributed by atoms with Crippen LogP contribution in [-0.2, 0) is 0 Å². The number of aryl methyl sites for hydroxylation is 1. The molecule has 1 fully saturated rings. The molecule has 1 N–H and O–H groups in total. The lowest BCUT2D eigenvalue weighted by Gasteiger charge is -2.32. The van der Waals surface area contributed by atoms with Gasteiger partial charge in [0.2, 0.25) is 0 Å². The number of carbonyl (C=O) groups excluding carboxylic acids is 2. The molecule has 1 aliphatic rings. The van der Waals surface area contributed by atoms with Gasteiger partial charge in [0, 0.05) is 30.3 Å². The fourth-order valence-corrected chi connectivity index (χ4v) is 3.09. The Bertz CT molecular complexity index is 783. The van der Waals surface area contributed by atoms with Crippen LogP contribution in [0.4, 0.5) is 4.39 Å². The van der Waals surface area contributed by atoms with E-state index >= 15 is 0 Å². The third-order valence-electron chi connectivity index (χ3n) is 4.47. The predicted molar refractivity (Wildman–Crippen MR) is 94.0 cm³/mol. The maximum absolute atomic E-state index is 13.2. The number of carbonyl (C=O) groups is 2. The van der Waals surface area contributed by atoms with Crippen molar-refractivity contribution in [1.29, 1.82) is 0 Å². The van der Waals surface area contributed by atoms with Gasteiger partial charge in [0.05, 0.1) is 0 Å². The Morgan fingerprint density at radius 3 is 2.40 bits per heavy atom. The van der Waals surface area contributed by atoms with Crippen LogP contribution in [-0.4, -0.2) is 35.8 Å². The highest BCUT2D eigenvalue weighted by molar-refractivity contribution is 5.95. The van der Waals surface area contributed by atoms with Gasteiger partial charge in [0.15, 0.2) is 0 Å². The summed E-state index contributed by atoms with van der Waals surface area (Å²) in [6.45, 7) is 3.16. The Kier molecular flexibility index (Phi) is 5.12. The van der Waals surface area contributed by atoms with Gasteiger partial charge >= 0.3 is 0 Å². The monoisotopic (exact) mass is 340 g/mol. The number of likely N-dealkylation sites (tertiary alicyclic amines) is 1. The number of nitrogens with one attached hydrogen (secondary N) is 1. The second-order valence-corrected chi connectivity index (χ2v) is 6.42. The van der Waals surface area contributed by atoms with Crippen LogP contribution in [0.15, 0.2) is 48.5 Å². The molecule has 0 aromatic heterocycles. The van der Waals surface area contributed by atoms with Crippen LogP contribution < -0.4 is 5.32 Å². The lowest BCUT2D eigenvalue weighted by molar-refractivity contribution is 0.0698. The van der Waals surface area contributed by atoms with E-state index in [-0.39, 0.29) is 17.9 Å². The summed E-state index contributed by atoms with van der Waals surface area (Å²) in [6.07, 6.45) is 1.39. The molecule has 130 valence electrons. The number of piperidine rings is 1. The Hall–Kier alpha value is -2.69. The van der Waals surface area contributed by atoms with Gasteiger partial charge in [-0.05, 0) is 50.1 Å². The van der Waals surface area contributed by atoms with Crippen molar-refractivity contribution in [2.75, 3.05) is 13.1 Å². The molecule has 2 amide bonds. The number of amides is 2. The summed E-state index contributed by atoms with van der Waals surface area (Å²) in [4.78, 5) is 26.5. The van der Waals surface area contributed by atoms with E-state index in [0.717, 1.165) is 5.56 Å². The third-order valence-corrected chi connectivity index (χ3v) is 4.47. The summed E-state index contributed by atoms with van der Waals surface area (Å²) in [5.74, 6) is -0.673. The van der Waals surface area contributed by atoms with Crippen molar-refractivity contribution >= 4 is 11.8 Å². The van der Waals surface area contributed by atoms with Crippen LogP contribution in [0.2, 0.25) is 0 Å². The molecular weight excluding hydrogens is 319 g/mol. The summed E-state index contributed by atoms with van der Waals surface area (Å²) in [6, 6.07) is 13.2. The molecule has 1 heterocycles. The number of benzene rings is 2. The first-order valence-electron chi connectivity index (χ1n) is 8.45. The number of hydrogen-bond acceptors (Lipinski definition) is 2. The molecule has 0 aliphatic carbocycles. The molecule has 0 unspecified atom stereocenters. The van der Waals surface area contributed by atoms with Gasteiger partial charge in [0.1, 0.15) is 5.82 Å². The SMILES string of the molecule is Cc1cccc(C(=O)N2CCC(NC(=O)c3cccc(F)c3)CC2)c1. The minimum atomic E-state index is -0.425. The smallest absolute Gasteiger partial charge is 0.253 e. The van der Waals surface area contributed by atoms with Gasteiger partial charge in [-0.3, -0.25) is 9.59 Å². The number of hydrogen-bond donors (Lipinski definition) is 1. The summed E-state index contributed by atoms with van der Waals surface area (Å²) < 4.78 is 13.2. The predicted octanol–water partition coefficient (Wildman–Crippen LogP) is 3.17. The molecule has 0 bridgehead atoms. The zero-order valence-corrected chi connectivity index (χ0v) is 14.2. The van der Waals surface area contributed by atoms with E-state index in [4.69, 9.17) is 0 Å². The van der Waals surface area contributed by atoms with Crippen molar-refractivity contribution in [2.45, 2.75) is 25.8 Å². The van der Waals surface area contributed by atoms with E-state index in [9.17, 15) is 14.0 Å². The Balaban J connectivity index is 1.55. The van der Waals surface area contributed by atoms with Gasteiger partial charge in [0.25, 0.3) is 11.8 Å². The summed E-state index contributed by atoms with van der Waals surface area (Å²) >= 11 is 0. The molecule has 1 saturated heterocycles. The highest BCUT2D eigenvalue weighted by Gasteiger charge is 2.25. The maximum Gasteiger partial charge on any atom is 0.253 e. The van der Waals surface area contributed by atoms with Crippen LogP contribution >= 0.6 is 0 Å². The van der Waals surface area contributed by atoms with Crippen molar-refractivity contribution in [1.82, 2.24) is 10.2 Å². The molecule has 2 aromatic carbocycles. The highest BCUT2D eigenvalue weighted by Crippen LogP contribution is 2.15. The lowest BCUT2D eigenvalue weighted by atomic mass is 10.0. The molecule has 3 rings (SSSR count). The second-order valence-electron chi connectivity index (χ2n) is 6.42. The van der Waals surface area contributed by atoms with Gasteiger partial charge in [-0.25, -0.2) is 4.39 Å². The van der Waals surface area contributed by atoms with Crippen LogP contribution in [0.25, 0.3) is 0 Å². The molecular formula is C20H21FN2O2. The number of halogens is 1. The first-order chi connectivity index (χ1) is 12.0. The molecule has 0 atom stereocenters. The van der Waals surface area contributed by atoms with Gasteiger partial charge in [-0.15, -0.1) is 0 Å². The first-order valence-corrected chi connectivity index (χ1v) is 8.45. The van der Waals surface area contributed by atoms with Crippen molar-refractivity contribution in [3.8, 4) is 0 Å². The van der Waals surface area contributed by atoms with Crippen molar-refractivity contribution in [2.24, 2.45) is 0 Å². The molecule has 5 heteroatoms. The fourth-order valence-electron chi connectivity index (χ4n) is 3.09. The Morgan fingerprint density at radius 1 is 1.04 bits per heavy atom. The van der Waals surface area contributed by atoms with Crippen molar-refractivity contribution in [3.63, 3.8) is 0 Å². The highest BCUT2D eigenvalue weighted by atomic mass is 19.1. The third kappa shape index (κ3) is 4.24. The fraction of sp³-hybridized carbons (Fsp3) is 0.300. The zero-order chi connectivity index (χ0) is 17.8. The second kappa shape index (κ2) is 7.47. The standard InChI is InChI=1S/C20H21FN2O2/c1-14-4-2-6-16(12-14)20(25)23-10-8-18(9-11-23)22-19(24)15-5-3-7-17(21)13-15/h2-7,12-13,18H,8-11H2,1H3,(H,22,24). The van der Waals surface area contributed by atoms with Gasteiger partial charge in [-0.1, -0.05) is 23.8 Å². The van der Waals surface area contributed by atoms with E-state index < -0.39 is 5.82 Å². The van der Waals surface area contributed by atoms with Crippen LogP contribution in [0.1, 0.15) is 39.1 Å². The van der Waals surface area contributed by atoms with E-state index in [1.165, 1.54) is 18.2 Å². The van der Waals surface area contributed by atoms with Crippen molar-refractivity contribution < 1.29 is 14.0 Å².